The summed E-state index contributed by atoms with van der Waals surface area (Å²) in [5, 5.41) is 3.51. The van der Waals surface area contributed by atoms with Crippen LogP contribution in [0.25, 0.3) is 0 Å². The molecule has 1 unspecified atom stereocenters. The number of rotatable bonds is 5. The van der Waals surface area contributed by atoms with Gasteiger partial charge in [-0.1, -0.05) is 61.4 Å². The van der Waals surface area contributed by atoms with E-state index in [2.05, 4.69) is 44.4 Å². The Labute approximate surface area is 118 Å². The van der Waals surface area contributed by atoms with Crippen molar-refractivity contribution in [1.82, 2.24) is 5.32 Å². The maximum atomic E-state index is 3.51. The van der Waals surface area contributed by atoms with E-state index in [0.29, 0.717) is 6.04 Å². The van der Waals surface area contributed by atoms with E-state index < -0.39 is 0 Å². The van der Waals surface area contributed by atoms with Crippen LogP contribution in [0.4, 0.5) is 0 Å². The van der Waals surface area contributed by atoms with Gasteiger partial charge in [-0.2, -0.15) is 0 Å². The van der Waals surface area contributed by atoms with E-state index in [1.165, 1.54) is 61.6 Å². The van der Waals surface area contributed by atoms with Crippen LogP contribution in [0.3, 0.4) is 0 Å². The molecule has 1 heteroatoms. The van der Waals surface area contributed by atoms with E-state index in [1.807, 2.05) is 0 Å². The summed E-state index contributed by atoms with van der Waals surface area (Å²) < 4.78 is 0. The molecule has 1 aliphatic rings. The zero-order valence-electron chi connectivity index (χ0n) is 12.8. The summed E-state index contributed by atoms with van der Waals surface area (Å²) in [5.41, 5.74) is 4.23. The van der Waals surface area contributed by atoms with Crippen LogP contribution in [0.15, 0.2) is 18.2 Å². The van der Waals surface area contributed by atoms with Gasteiger partial charge in [-0.25, -0.2) is 0 Å². The van der Waals surface area contributed by atoms with Gasteiger partial charge in [0.05, 0.1) is 0 Å². The first-order valence-electron chi connectivity index (χ1n) is 7.94. The summed E-state index contributed by atoms with van der Waals surface area (Å²) in [6.45, 7) is 4.40. The van der Waals surface area contributed by atoms with Crippen LogP contribution in [0.5, 0.6) is 0 Å². The standard InChI is InChI=1S/C18H29N/c1-14-11-15(2)13-17(12-14)18(19-3)10-9-16-7-5-4-6-8-16/h11-13,16,18-19H,4-10H2,1-3H3. The molecule has 0 bridgehead atoms. The van der Waals surface area contributed by atoms with E-state index in [4.69, 9.17) is 0 Å². The van der Waals surface area contributed by atoms with Crippen molar-refractivity contribution in [1.29, 1.82) is 0 Å². The molecule has 19 heavy (non-hydrogen) atoms. The fourth-order valence-electron chi connectivity index (χ4n) is 3.57. The van der Waals surface area contributed by atoms with Gasteiger partial charge in [0.15, 0.2) is 0 Å². The zero-order chi connectivity index (χ0) is 13.7. The second kappa shape index (κ2) is 7.09. The van der Waals surface area contributed by atoms with Crippen molar-refractivity contribution in [2.24, 2.45) is 5.92 Å². The molecule has 0 aromatic heterocycles. The number of nitrogens with one attached hydrogen (secondary N) is 1. The molecule has 0 aliphatic heterocycles. The van der Waals surface area contributed by atoms with E-state index in [9.17, 15) is 0 Å². The van der Waals surface area contributed by atoms with Crippen molar-refractivity contribution in [3.05, 3.63) is 34.9 Å². The molecule has 1 aromatic rings. The first-order chi connectivity index (χ1) is 9.19. The largest absolute Gasteiger partial charge is 0.313 e. The lowest BCUT2D eigenvalue weighted by Crippen LogP contribution is -2.18. The molecule has 0 amide bonds. The molecule has 1 saturated carbocycles. The molecule has 1 N–H and O–H groups in total. The van der Waals surface area contributed by atoms with Crippen LogP contribution in [0, 0.1) is 19.8 Å². The van der Waals surface area contributed by atoms with Crippen LogP contribution < -0.4 is 5.32 Å². The van der Waals surface area contributed by atoms with Crippen molar-refractivity contribution < 1.29 is 0 Å². The highest BCUT2D eigenvalue weighted by atomic mass is 14.9. The molecule has 1 aliphatic carbocycles. The molecule has 2 rings (SSSR count). The van der Waals surface area contributed by atoms with Crippen molar-refractivity contribution in [3.63, 3.8) is 0 Å². The van der Waals surface area contributed by atoms with Gasteiger partial charge in [0.2, 0.25) is 0 Å². The van der Waals surface area contributed by atoms with E-state index in [0.717, 1.165) is 5.92 Å². The molecule has 1 aromatic carbocycles. The average Bonchev–Trinajstić information content (AvgIpc) is 2.39. The van der Waals surface area contributed by atoms with Gasteiger partial charge >= 0.3 is 0 Å². The Bertz CT molecular complexity index is 370. The minimum Gasteiger partial charge on any atom is -0.313 e. The Morgan fingerprint density at radius 3 is 2.26 bits per heavy atom. The summed E-state index contributed by atoms with van der Waals surface area (Å²) >= 11 is 0. The van der Waals surface area contributed by atoms with E-state index >= 15 is 0 Å². The SMILES string of the molecule is CNC(CCC1CCCCC1)c1cc(C)cc(C)c1. The first-order valence-corrected chi connectivity index (χ1v) is 7.94. The third kappa shape index (κ3) is 4.35. The van der Waals surface area contributed by atoms with Gasteiger partial charge in [0.1, 0.15) is 0 Å². The zero-order valence-corrected chi connectivity index (χ0v) is 12.8. The number of aryl methyl sites for hydroxylation is 2. The minimum absolute atomic E-state index is 0.528. The molecular weight excluding hydrogens is 230 g/mol. The highest BCUT2D eigenvalue weighted by molar-refractivity contribution is 5.30. The predicted molar refractivity (Wildman–Crippen MR) is 83.5 cm³/mol. The van der Waals surface area contributed by atoms with Gasteiger partial charge in [-0.3, -0.25) is 0 Å². The quantitative estimate of drug-likeness (QED) is 0.791. The number of benzene rings is 1. The van der Waals surface area contributed by atoms with Crippen LogP contribution in [-0.4, -0.2) is 7.05 Å². The van der Waals surface area contributed by atoms with Gasteiger partial charge < -0.3 is 5.32 Å². The third-order valence-electron chi connectivity index (χ3n) is 4.58. The maximum Gasteiger partial charge on any atom is 0.0317 e. The Balaban J connectivity index is 1.95. The van der Waals surface area contributed by atoms with Crippen molar-refractivity contribution >= 4 is 0 Å². The molecule has 1 fully saturated rings. The lowest BCUT2D eigenvalue weighted by atomic mass is 9.84. The van der Waals surface area contributed by atoms with Crippen LogP contribution >= 0.6 is 0 Å². The summed E-state index contributed by atoms with van der Waals surface area (Å²) in [6, 6.07) is 7.47. The summed E-state index contributed by atoms with van der Waals surface area (Å²) in [4.78, 5) is 0. The highest BCUT2D eigenvalue weighted by Crippen LogP contribution is 2.30. The molecular formula is C18H29N. The Kier molecular flexibility index (Phi) is 5.45. The van der Waals surface area contributed by atoms with Crippen molar-refractivity contribution in [2.45, 2.75) is 64.8 Å². The van der Waals surface area contributed by atoms with Gasteiger partial charge in [-0.15, -0.1) is 0 Å². The predicted octanol–water partition coefficient (Wildman–Crippen LogP) is 4.92. The van der Waals surface area contributed by atoms with Crippen LogP contribution in [0.2, 0.25) is 0 Å². The number of hydrogen-bond acceptors (Lipinski definition) is 1. The minimum atomic E-state index is 0.528. The average molecular weight is 259 g/mol. The van der Waals surface area contributed by atoms with Gasteiger partial charge in [0.25, 0.3) is 0 Å². The first kappa shape index (κ1) is 14.6. The molecule has 1 atom stereocenters. The van der Waals surface area contributed by atoms with Crippen molar-refractivity contribution in [3.8, 4) is 0 Å². The normalized spacial score (nSPS) is 18.5. The Hall–Kier alpha value is -0.820. The molecule has 1 nitrogen and oxygen atoms in total. The monoisotopic (exact) mass is 259 g/mol. The fourth-order valence-corrected chi connectivity index (χ4v) is 3.57. The Morgan fingerprint density at radius 2 is 1.68 bits per heavy atom. The second-order valence-electron chi connectivity index (χ2n) is 6.34. The molecule has 0 radical (unpaired) electrons. The summed E-state index contributed by atoms with van der Waals surface area (Å²) in [6.07, 6.45) is 9.97. The third-order valence-corrected chi connectivity index (χ3v) is 4.58. The smallest absolute Gasteiger partial charge is 0.0317 e. The van der Waals surface area contributed by atoms with Crippen LogP contribution in [-0.2, 0) is 0 Å². The second-order valence-corrected chi connectivity index (χ2v) is 6.34. The van der Waals surface area contributed by atoms with Gasteiger partial charge in [-0.05, 0) is 45.2 Å². The maximum absolute atomic E-state index is 3.51. The molecule has 0 spiro atoms. The molecule has 0 heterocycles. The lowest BCUT2D eigenvalue weighted by Gasteiger charge is -2.24. The highest BCUT2D eigenvalue weighted by Gasteiger charge is 2.16. The lowest BCUT2D eigenvalue weighted by molar-refractivity contribution is 0.317. The Morgan fingerprint density at radius 1 is 1.05 bits per heavy atom. The summed E-state index contributed by atoms with van der Waals surface area (Å²) in [7, 11) is 2.10. The summed E-state index contributed by atoms with van der Waals surface area (Å²) in [5.74, 6) is 0.982. The van der Waals surface area contributed by atoms with Gasteiger partial charge in [0, 0.05) is 6.04 Å². The van der Waals surface area contributed by atoms with Crippen LogP contribution in [0.1, 0.15) is 67.7 Å². The van der Waals surface area contributed by atoms with E-state index in [1.54, 1.807) is 0 Å². The topological polar surface area (TPSA) is 12.0 Å². The van der Waals surface area contributed by atoms with E-state index in [-0.39, 0.29) is 0 Å². The molecule has 0 saturated heterocycles. The number of hydrogen-bond donors (Lipinski definition) is 1. The molecule has 106 valence electrons. The van der Waals surface area contributed by atoms with Crippen molar-refractivity contribution in [2.75, 3.05) is 7.05 Å². The fraction of sp³-hybridized carbons (Fsp3) is 0.667.